The molecule has 0 aliphatic rings. The molecule has 0 aliphatic carbocycles. The Labute approximate surface area is 153 Å². The summed E-state index contributed by atoms with van der Waals surface area (Å²) in [5, 5.41) is 0.808. The lowest BCUT2D eigenvalue weighted by Crippen LogP contribution is -2.39. The molecule has 1 heterocycles. The molecular weight excluding hydrogens is 356 g/mol. The molecule has 2 aromatic rings. The molecule has 0 saturated heterocycles. The van der Waals surface area contributed by atoms with Crippen molar-refractivity contribution in [1.29, 1.82) is 0 Å². The summed E-state index contributed by atoms with van der Waals surface area (Å²) in [5.74, 6) is -0.251. The van der Waals surface area contributed by atoms with Crippen LogP contribution in [0.15, 0.2) is 18.2 Å². The Morgan fingerprint density at radius 3 is 2.48 bits per heavy atom. The summed E-state index contributed by atoms with van der Waals surface area (Å²) < 4.78 is 23.0. The van der Waals surface area contributed by atoms with Crippen LogP contribution in [-0.4, -0.2) is 49.3 Å². The molecule has 2 rings (SSSR count). The van der Waals surface area contributed by atoms with E-state index in [1.54, 1.807) is 14.0 Å². The largest absolute Gasteiger partial charge is 0.337 e. The van der Waals surface area contributed by atoms with Gasteiger partial charge in [0.15, 0.2) is 0 Å². The summed E-state index contributed by atoms with van der Waals surface area (Å²) in [5.41, 5.74) is 3.99. The van der Waals surface area contributed by atoms with E-state index >= 15 is 0 Å². The predicted octanol–water partition coefficient (Wildman–Crippen LogP) is 3.24. The average Bonchev–Trinajstić information content (AvgIpc) is 2.85. The molecule has 0 radical (unpaired) electrons. The highest BCUT2D eigenvalue weighted by Gasteiger charge is 2.25. The van der Waals surface area contributed by atoms with E-state index in [-0.39, 0.29) is 11.7 Å². The molecule has 25 heavy (non-hydrogen) atoms. The highest BCUT2D eigenvalue weighted by molar-refractivity contribution is 7.90. The third-order valence-electron chi connectivity index (χ3n) is 4.13. The van der Waals surface area contributed by atoms with Gasteiger partial charge in [-0.05, 0) is 33.3 Å². The van der Waals surface area contributed by atoms with Crippen LogP contribution in [0.1, 0.15) is 33.4 Å². The van der Waals surface area contributed by atoms with Crippen molar-refractivity contribution in [2.45, 2.75) is 33.7 Å². The zero-order valence-electron chi connectivity index (χ0n) is 15.5. The van der Waals surface area contributed by atoms with Crippen LogP contribution in [0.3, 0.4) is 0 Å². The van der Waals surface area contributed by atoms with E-state index in [1.165, 1.54) is 28.1 Å². The molecule has 0 fully saturated rings. The summed E-state index contributed by atoms with van der Waals surface area (Å²) in [6.07, 6.45) is 1.18. The van der Waals surface area contributed by atoms with Gasteiger partial charge < -0.3 is 4.90 Å². The fourth-order valence-electron chi connectivity index (χ4n) is 2.67. The number of rotatable bonds is 5. The molecule has 0 aliphatic heterocycles. The number of hydrogen-bond donors (Lipinski definition) is 0. The van der Waals surface area contributed by atoms with Crippen LogP contribution < -0.4 is 0 Å². The summed E-state index contributed by atoms with van der Waals surface area (Å²) in [6.45, 7) is 7.62. The maximum atomic E-state index is 12.8. The summed E-state index contributed by atoms with van der Waals surface area (Å²) in [7, 11) is -1.51. The lowest BCUT2D eigenvalue weighted by molar-refractivity contribution is 0.0761. The number of carbonyl (C=O) groups excluding carboxylic acids is 1. The van der Waals surface area contributed by atoms with E-state index in [2.05, 4.69) is 11.1 Å². The van der Waals surface area contributed by atoms with Crippen LogP contribution >= 0.6 is 11.3 Å². The van der Waals surface area contributed by atoms with Gasteiger partial charge >= 0.3 is 0 Å². The van der Waals surface area contributed by atoms with E-state index in [9.17, 15) is 13.2 Å². The van der Waals surface area contributed by atoms with Gasteiger partial charge in [0.05, 0.1) is 11.4 Å². The minimum Gasteiger partial charge on any atom is -0.337 e. The first kappa shape index (κ1) is 19.6. The number of carbonyl (C=O) groups is 1. The average molecular weight is 381 g/mol. The van der Waals surface area contributed by atoms with Gasteiger partial charge in [-0.2, -0.15) is 0 Å². The standard InChI is InChI=1S/C18H24N2O3S2/c1-11-7-8-15(12(2)9-11)17-19-14(4)16(24-17)18(21)20(5)13(3)10-25(6,22)23/h7-9,13H,10H2,1-6H3. The summed E-state index contributed by atoms with van der Waals surface area (Å²) >= 11 is 1.35. The van der Waals surface area contributed by atoms with Crippen molar-refractivity contribution in [1.82, 2.24) is 9.88 Å². The summed E-state index contributed by atoms with van der Waals surface area (Å²) in [4.78, 5) is 19.4. The minimum atomic E-state index is -3.15. The Balaban J connectivity index is 2.31. The molecule has 136 valence electrons. The van der Waals surface area contributed by atoms with E-state index in [0.29, 0.717) is 10.6 Å². The fourth-order valence-corrected chi connectivity index (χ4v) is 4.91. The number of thiazole rings is 1. The lowest BCUT2D eigenvalue weighted by atomic mass is 10.1. The molecule has 7 heteroatoms. The predicted molar refractivity (Wildman–Crippen MR) is 103 cm³/mol. The number of nitrogens with zero attached hydrogens (tertiary/aromatic N) is 2. The van der Waals surface area contributed by atoms with Gasteiger partial charge in [-0.1, -0.05) is 23.8 Å². The number of aryl methyl sites for hydroxylation is 3. The fraction of sp³-hybridized carbons (Fsp3) is 0.444. The second-order valence-corrected chi connectivity index (χ2v) is 9.79. The van der Waals surface area contributed by atoms with Gasteiger partial charge in [0.1, 0.15) is 19.7 Å². The highest BCUT2D eigenvalue weighted by atomic mass is 32.2. The second-order valence-electron chi connectivity index (χ2n) is 6.61. The van der Waals surface area contributed by atoms with Crippen LogP contribution in [0.4, 0.5) is 0 Å². The van der Waals surface area contributed by atoms with Crippen LogP contribution in [0.5, 0.6) is 0 Å². The normalized spacial score (nSPS) is 12.9. The molecular formula is C18H24N2O3S2. The third-order valence-corrected chi connectivity index (χ3v) is 6.40. The maximum Gasteiger partial charge on any atom is 0.265 e. The van der Waals surface area contributed by atoms with Crippen LogP contribution in [0, 0.1) is 20.8 Å². The van der Waals surface area contributed by atoms with E-state index in [0.717, 1.165) is 16.1 Å². The van der Waals surface area contributed by atoms with Gasteiger partial charge in [-0.3, -0.25) is 4.79 Å². The molecule has 0 bridgehead atoms. The Morgan fingerprint density at radius 1 is 1.28 bits per heavy atom. The quantitative estimate of drug-likeness (QED) is 0.799. The number of amides is 1. The molecule has 1 aromatic carbocycles. The van der Waals surface area contributed by atoms with Crippen molar-refractivity contribution in [3.8, 4) is 10.6 Å². The lowest BCUT2D eigenvalue weighted by Gasteiger charge is -2.23. The number of sulfone groups is 1. The van der Waals surface area contributed by atoms with E-state index < -0.39 is 15.9 Å². The van der Waals surface area contributed by atoms with Crippen molar-refractivity contribution in [3.05, 3.63) is 39.9 Å². The molecule has 0 spiro atoms. The molecule has 0 saturated carbocycles. The monoisotopic (exact) mass is 380 g/mol. The molecule has 1 aromatic heterocycles. The minimum absolute atomic E-state index is 0.0585. The van der Waals surface area contributed by atoms with E-state index in [1.807, 2.05) is 32.9 Å². The van der Waals surface area contributed by atoms with Crippen LogP contribution in [0.2, 0.25) is 0 Å². The zero-order valence-corrected chi connectivity index (χ0v) is 17.1. The van der Waals surface area contributed by atoms with Crippen molar-refractivity contribution >= 4 is 27.1 Å². The molecule has 5 nitrogen and oxygen atoms in total. The first-order chi connectivity index (χ1) is 11.5. The van der Waals surface area contributed by atoms with Crippen molar-refractivity contribution in [3.63, 3.8) is 0 Å². The van der Waals surface area contributed by atoms with Crippen molar-refractivity contribution in [2.75, 3.05) is 19.1 Å². The number of hydrogen-bond acceptors (Lipinski definition) is 5. The smallest absolute Gasteiger partial charge is 0.265 e. The topological polar surface area (TPSA) is 67.3 Å². The molecule has 1 amide bonds. The summed E-state index contributed by atoms with van der Waals surface area (Å²) in [6, 6.07) is 5.75. The Morgan fingerprint density at radius 2 is 1.92 bits per heavy atom. The Hall–Kier alpha value is -1.73. The highest BCUT2D eigenvalue weighted by Crippen LogP contribution is 2.31. The number of benzene rings is 1. The third kappa shape index (κ3) is 4.67. The first-order valence-electron chi connectivity index (χ1n) is 7.99. The molecule has 1 unspecified atom stereocenters. The van der Waals surface area contributed by atoms with Crippen molar-refractivity contribution < 1.29 is 13.2 Å². The molecule has 1 atom stereocenters. The molecule has 0 N–H and O–H groups in total. The van der Waals surface area contributed by atoms with Crippen LogP contribution in [0.25, 0.3) is 10.6 Å². The van der Waals surface area contributed by atoms with Gasteiger partial charge in [0, 0.05) is 24.9 Å². The van der Waals surface area contributed by atoms with Crippen LogP contribution in [-0.2, 0) is 9.84 Å². The van der Waals surface area contributed by atoms with Crippen molar-refractivity contribution in [2.24, 2.45) is 0 Å². The maximum absolute atomic E-state index is 12.8. The van der Waals surface area contributed by atoms with Gasteiger partial charge in [-0.25, -0.2) is 13.4 Å². The Bertz CT molecular complexity index is 901. The van der Waals surface area contributed by atoms with Gasteiger partial charge in [0.25, 0.3) is 5.91 Å². The number of aromatic nitrogens is 1. The SMILES string of the molecule is Cc1ccc(-c2nc(C)c(C(=O)N(C)C(C)CS(C)(=O)=O)s2)c(C)c1. The Kier molecular flexibility index (Phi) is 5.68. The van der Waals surface area contributed by atoms with Gasteiger partial charge in [0.2, 0.25) is 0 Å². The van der Waals surface area contributed by atoms with Gasteiger partial charge in [-0.15, -0.1) is 11.3 Å². The van der Waals surface area contributed by atoms with E-state index in [4.69, 9.17) is 0 Å². The second kappa shape index (κ2) is 7.25. The first-order valence-corrected chi connectivity index (χ1v) is 10.9. The zero-order chi connectivity index (χ0) is 18.9.